The minimum atomic E-state index is -3.14. The van der Waals surface area contributed by atoms with E-state index >= 15 is 0 Å². The van der Waals surface area contributed by atoms with Crippen LogP contribution in [0.25, 0.3) is 0 Å². The van der Waals surface area contributed by atoms with Crippen LogP contribution in [0.2, 0.25) is 0 Å². The van der Waals surface area contributed by atoms with E-state index in [1.165, 1.54) is 25.5 Å². The van der Waals surface area contributed by atoms with Crippen molar-refractivity contribution in [1.29, 1.82) is 0 Å². The van der Waals surface area contributed by atoms with Crippen LogP contribution < -0.4 is 4.72 Å². The lowest BCUT2D eigenvalue weighted by molar-refractivity contribution is 0.587. The van der Waals surface area contributed by atoms with Gasteiger partial charge in [-0.3, -0.25) is 0 Å². The van der Waals surface area contributed by atoms with Gasteiger partial charge in [-0.05, 0) is 36.9 Å². The molecule has 0 amide bonds. The van der Waals surface area contributed by atoms with Crippen LogP contribution in [0.4, 0.5) is 0 Å². The van der Waals surface area contributed by atoms with E-state index in [1.54, 1.807) is 0 Å². The zero-order valence-electron chi connectivity index (χ0n) is 8.73. The molecule has 0 atom stereocenters. The zero-order valence-corrected chi connectivity index (χ0v) is 9.55. The number of rotatable bonds is 4. The molecule has 0 saturated heterocycles. The third kappa shape index (κ3) is 2.79. The Morgan fingerprint density at radius 3 is 2.73 bits per heavy atom. The van der Waals surface area contributed by atoms with E-state index in [0.717, 1.165) is 5.56 Å². The molecular formula is C11H15NO2S. The van der Waals surface area contributed by atoms with Gasteiger partial charge in [-0.1, -0.05) is 24.3 Å². The zero-order chi connectivity index (χ0) is 10.9. The Bertz CT molecular complexity index is 449. The van der Waals surface area contributed by atoms with Crippen molar-refractivity contribution in [1.82, 2.24) is 4.72 Å². The van der Waals surface area contributed by atoms with E-state index in [-0.39, 0.29) is 5.75 Å². The minimum Gasteiger partial charge on any atom is -0.218 e. The lowest BCUT2D eigenvalue weighted by Gasteiger charge is -2.04. The monoisotopic (exact) mass is 225 g/mol. The lowest BCUT2D eigenvalue weighted by Crippen LogP contribution is -2.20. The van der Waals surface area contributed by atoms with Crippen LogP contribution in [0, 0.1) is 0 Å². The Labute approximate surface area is 90.6 Å². The van der Waals surface area contributed by atoms with Gasteiger partial charge in [0.2, 0.25) is 10.0 Å². The van der Waals surface area contributed by atoms with Crippen LogP contribution in [-0.2, 0) is 15.8 Å². The predicted molar refractivity (Wildman–Crippen MR) is 60.1 cm³/mol. The second-order valence-corrected chi connectivity index (χ2v) is 5.91. The summed E-state index contributed by atoms with van der Waals surface area (Å²) < 4.78 is 25.0. The third-order valence-corrected chi connectivity index (χ3v) is 4.00. The molecule has 1 aromatic carbocycles. The van der Waals surface area contributed by atoms with Gasteiger partial charge in [0.1, 0.15) is 0 Å². The molecule has 3 nitrogen and oxygen atoms in total. The first-order valence-electron chi connectivity index (χ1n) is 5.11. The van der Waals surface area contributed by atoms with Gasteiger partial charge in [0, 0.05) is 0 Å². The van der Waals surface area contributed by atoms with Gasteiger partial charge in [0.05, 0.1) is 5.75 Å². The summed E-state index contributed by atoms with van der Waals surface area (Å²) >= 11 is 0. The molecule has 0 aromatic heterocycles. The SMILES string of the molecule is CNS(=O)(=O)Cc1cccc(C2CC2)c1. The standard InChI is InChI=1S/C11H15NO2S/c1-12-15(13,14)8-9-3-2-4-11(7-9)10-5-6-10/h2-4,7,10,12H,5-6,8H2,1H3. The summed E-state index contributed by atoms with van der Waals surface area (Å²) in [4.78, 5) is 0. The van der Waals surface area contributed by atoms with Crippen LogP contribution in [0.3, 0.4) is 0 Å². The van der Waals surface area contributed by atoms with Crippen molar-refractivity contribution < 1.29 is 8.42 Å². The molecule has 0 unspecified atom stereocenters. The second kappa shape index (κ2) is 3.94. The average Bonchev–Trinajstić information content (AvgIpc) is 3.01. The normalized spacial score (nSPS) is 16.6. The molecule has 1 saturated carbocycles. The van der Waals surface area contributed by atoms with Gasteiger partial charge in [0.25, 0.3) is 0 Å². The Morgan fingerprint density at radius 1 is 1.40 bits per heavy atom. The number of hydrogen-bond donors (Lipinski definition) is 1. The van der Waals surface area contributed by atoms with Crippen molar-refractivity contribution in [3.63, 3.8) is 0 Å². The first kappa shape index (κ1) is 10.6. The largest absolute Gasteiger partial charge is 0.218 e. The summed E-state index contributed by atoms with van der Waals surface area (Å²) in [6.45, 7) is 0. The number of benzene rings is 1. The Kier molecular flexibility index (Phi) is 2.80. The van der Waals surface area contributed by atoms with Crippen molar-refractivity contribution in [3.05, 3.63) is 35.4 Å². The molecular weight excluding hydrogens is 210 g/mol. The summed E-state index contributed by atoms with van der Waals surface area (Å²) in [6.07, 6.45) is 2.48. The van der Waals surface area contributed by atoms with Crippen molar-refractivity contribution in [3.8, 4) is 0 Å². The fourth-order valence-corrected chi connectivity index (χ4v) is 2.41. The molecule has 82 valence electrons. The fourth-order valence-electron chi connectivity index (χ4n) is 1.65. The highest BCUT2D eigenvalue weighted by Gasteiger charge is 2.23. The van der Waals surface area contributed by atoms with E-state index in [0.29, 0.717) is 5.92 Å². The first-order valence-corrected chi connectivity index (χ1v) is 6.76. The summed E-state index contributed by atoms with van der Waals surface area (Å²) in [5.41, 5.74) is 2.15. The lowest BCUT2D eigenvalue weighted by atomic mass is 10.1. The molecule has 0 heterocycles. The predicted octanol–water partition coefficient (Wildman–Crippen LogP) is 1.61. The molecule has 1 fully saturated rings. The van der Waals surface area contributed by atoms with E-state index in [1.807, 2.05) is 18.2 Å². The number of hydrogen-bond acceptors (Lipinski definition) is 2. The van der Waals surface area contributed by atoms with E-state index in [2.05, 4.69) is 10.8 Å². The summed E-state index contributed by atoms with van der Waals surface area (Å²) in [7, 11) is -1.70. The number of nitrogens with one attached hydrogen (secondary N) is 1. The van der Waals surface area contributed by atoms with E-state index in [9.17, 15) is 8.42 Å². The smallest absolute Gasteiger partial charge is 0.215 e. The van der Waals surface area contributed by atoms with Crippen LogP contribution in [-0.4, -0.2) is 15.5 Å². The Balaban J connectivity index is 2.18. The van der Waals surface area contributed by atoms with Gasteiger partial charge in [-0.25, -0.2) is 13.1 Å². The third-order valence-electron chi connectivity index (χ3n) is 2.67. The maximum atomic E-state index is 11.4. The summed E-state index contributed by atoms with van der Waals surface area (Å²) in [5.74, 6) is 0.742. The average molecular weight is 225 g/mol. The topological polar surface area (TPSA) is 46.2 Å². The molecule has 0 radical (unpaired) electrons. The van der Waals surface area contributed by atoms with Crippen molar-refractivity contribution in [2.45, 2.75) is 24.5 Å². The molecule has 4 heteroatoms. The molecule has 0 bridgehead atoms. The molecule has 1 aromatic rings. The fraction of sp³-hybridized carbons (Fsp3) is 0.455. The maximum Gasteiger partial charge on any atom is 0.215 e. The molecule has 1 N–H and O–H groups in total. The second-order valence-electron chi connectivity index (χ2n) is 3.98. The van der Waals surface area contributed by atoms with E-state index in [4.69, 9.17) is 0 Å². The van der Waals surface area contributed by atoms with Crippen LogP contribution in [0.1, 0.15) is 29.9 Å². The van der Waals surface area contributed by atoms with Crippen molar-refractivity contribution >= 4 is 10.0 Å². The summed E-state index contributed by atoms with van der Waals surface area (Å²) in [5, 5.41) is 0. The molecule has 15 heavy (non-hydrogen) atoms. The van der Waals surface area contributed by atoms with Gasteiger partial charge < -0.3 is 0 Å². The quantitative estimate of drug-likeness (QED) is 0.846. The minimum absolute atomic E-state index is 0.0735. The first-order chi connectivity index (χ1) is 7.11. The van der Waals surface area contributed by atoms with Gasteiger partial charge in [-0.15, -0.1) is 0 Å². The van der Waals surface area contributed by atoms with Crippen LogP contribution in [0.15, 0.2) is 24.3 Å². The number of sulfonamides is 1. The molecule has 0 spiro atoms. The van der Waals surface area contributed by atoms with Gasteiger partial charge in [-0.2, -0.15) is 0 Å². The van der Waals surface area contributed by atoms with Crippen LogP contribution >= 0.6 is 0 Å². The molecule has 0 aliphatic heterocycles. The molecule has 1 aliphatic carbocycles. The van der Waals surface area contributed by atoms with Crippen molar-refractivity contribution in [2.24, 2.45) is 0 Å². The Morgan fingerprint density at radius 2 is 2.13 bits per heavy atom. The van der Waals surface area contributed by atoms with E-state index < -0.39 is 10.0 Å². The summed E-state index contributed by atoms with van der Waals surface area (Å²) in [6, 6.07) is 7.88. The molecule has 2 rings (SSSR count). The van der Waals surface area contributed by atoms with Gasteiger partial charge >= 0.3 is 0 Å². The maximum absolute atomic E-state index is 11.4. The van der Waals surface area contributed by atoms with Gasteiger partial charge in [0.15, 0.2) is 0 Å². The highest BCUT2D eigenvalue weighted by atomic mass is 32.2. The van der Waals surface area contributed by atoms with Crippen molar-refractivity contribution in [2.75, 3.05) is 7.05 Å². The highest BCUT2D eigenvalue weighted by molar-refractivity contribution is 7.88. The molecule has 1 aliphatic rings. The highest BCUT2D eigenvalue weighted by Crippen LogP contribution is 2.40. The Hall–Kier alpha value is -0.870. The van der Waals surface area contributed by atoms with Crippen LogP contribution in [0.5, 0.6) is 0 Å².